The van der Waals surface area contributed by atoms with E-state index in [1.165, 1.54) is 5.56 Å². The number of rotatable bonds is 4. The fraction of sp³-hybridized carbons (Fsp3) is 0.500. The van der Waals surface area contributed by atoms with Gasteiger partial charge in [0.1, 0.15) is 0 Å². The quantitative estimate of drug-likeness (QED) is 0.867. The van der Waals surface area contributed by atoms with Gasteiger partial charge in [0.25, 0.3) is 0 Å². The number of hydrogen-bond acceptors (Lipinski definition) is 2. The van der Waals surface area contributed by atoms with Crippen LogP contribution in [0.15, 0.2) is 24.3 Å². The predicted octanol–water partition coefficient (Wildman–Crippen LogP) is 2.08. The smallest absolute Gasteiger partial charge is 0.224 e. The van der Waals surface area contributed by atoms with Gasteiger partial charge < -0.3 is 10.6 Å². The Bertz CT molecular complexity index is 376. The Morgan fingerprint density at radius 2 is 1.82 bits per heavy atom. The summed E-state index contributed by atoms with van der Waals surface area (Å²) in [7, 11) is 1.81. The van der Waals surface area contributed by atoms with E-state index in [4.69, 9.17) is 5.73 Å². The number of carbonyl (C=O) groups excluding carboxylic acids is 1. The standard InChI is InChI=1S/C14H22N2O/c1-11-5-7-12(8-6-11)10-16(4)13(17)9-14(2,3)15/h5-8H,9-10,15H2,1-4H3. The summed E-state index contributed by atoms with van der Waals surface area (Å²) in [5.74, 6) is 0.0816. The molecule has 0 saturated carbocycles. The van der Waals surface area contributed by atoms with Gasteiger partial charge in [-0.3, -0.25) is 4.79 Å². The summed E-state index contributed by atoms with van der Waals surface area (Å²) in [5.41, 5.74) is 7.76. The molecule has 0 heterocycles. The highest BCUT2D eigenvalue weighted by atomic mass is 16.2. The first kappa shape index (κ1) is 13.7. The van der Waals surface area contributed by atoms with Gasteiger partial charge in [0, 0.05) is 25.6 Å². The first-order chi connectivity index (χ1) is 7.78. The third-order valence-corrected chi connectivity index (χ3v) is 2.57. The molecule has 0 spiro atoms. The molecule has 0 fully saturated rings. The van der Waals surface area contributed by atoms with Gasteiger partial charge >= 0.3 is 0 Å². The first-order valence-electron chi connectivity index (χ1n) is 5.86. The fourth-order valence-electron chi connectivity index (χ4n) is 1.58. The molecule has 17 heavy (non-hydrogen) atoms. The van der Waals surface area contributed by atoms with Crippen molar-refractivity contribution in [1.82, 2.24) is 4.90 Å². The molecule has 0 aliphatic rings. The Labute approximate surface area is 104 Å². The number of nitrogens with two attached hydrogens (primary N) is 1. The van der Waals surface area contributed by atoms with Crippen LogP contribution in [0.2, 0.25) is 0 Å². The van der Waals surface area contributed by atoms with Gasteiger partial charge in [-0.05, 0) is 26.3 Å². The van der Waals surface area contributed by atoms with Crippen LogP contribution >= 0.6 is 0 Å². The lowest BCUT2D eigenvalue weighted by atomic mass is 10.0. The highest BCUT2D eigenvalue weighted by Crippen LogP contribution is 2.10. The number of aryl methyl sites for hydroxylation is 1. The lowest BCUT2D eigenvalue weighted by molar-refractivity contribution is -0.131. The van der Waals surface area contributed by atoms with Crippen LogP contribution in [0.1, 0.15) is 31.4 Å². The third kappa shape index (κ3) is 5.00. The van der Waals surface area contributed by atoms with Crippen LogP contribution in [-0.4, -0.2) is 23.4 Å². The van der Waals surface area contributed by atoms with Crippen LogP contribution in [0.4, 0.5) is 0 Å². The SMILES string of the molecule is Cc1ccc(CN(C)C(=O)CC(C)(C)N)cc1. The van der Waals surface area contributed by atoms with E-state index >= 15 is 0 Å². The second-order valence-corrected chi connectivity index (χ2v) is 5.40. The molecular weight excluding hydrogens is 212 g/mol. The van der Waals surface area contributed by atoms with Crippen LogP contribution in [0.5, 0.6) is 0 Å². The van der Waals surface area contributed by atoms with Gasteiger partial charge in [0.05, 0.1) is 0 Å². The summed E-state index contributed by atoms with van der Waals surface area (Å²) in [4.78, 5) is 13.6. The molecule has 3 nitrogen and oxygen atoms in total. The first-order valence-corrected chi connectivity index (χ1v) is 5.86. The van der Waals surface area contributed by atoms with Gasteiger partial charge in [-0.15, -0.1) is 0 Å². The zero-order chi connectivity index (χ0) is 13.1. The molecule has 0 saturated heterocycles. The lowest BCUT2D eigenvalue weighted by Crippen LogP contribution is -2.39. The van der Waals surface area contributed by atoms with E-state index in [1.54, 1.807) is 4.90 Å². The van der Waals surface area contributed by atoms with Crippen molar-refractivity contribution in [2.45, 2.75) is 39.3 Å². The van der Waals surface area contributed by atoms with E-state index < -0.39 is 5.54 Å². The monoisotopic (exact) mass is 234 g/mol. The molecule has 1 rings (SSSR count). The van der Waals surface area contributed by atoms with Crippen molar-refractivity contribution in [1.29, 1.82) is 0 Å². The zero-order valence-electron chi connectivity index (χ0n) is 11.2. The minimum absolute atomic E-state index is 0.0816. The molecule has 94 valence electrons. The Morgan fingerprint density at radius 3 is 2.29 bits per heavy atom. The van der Waals surface area contributed by atoms with Crippen LogP contribution in [0.3, 0.4) is 0 Å². The van der Waals surface area contributed by atoms with Crippen molar-refractivity contribution in [3.8, 4) is 0 Å². The third-order valence-electron chi connectivity index (χ3n) is 2.57. The molecule has 0 aromatic heterocycles. The second-order valence-electron chi connectivity index (χ2n) is 5.40. The molecule has 0 bridgehead atoms. The molecule has 2 N–H and O–H groups in total. The Morgan fingerprint density at radius 1 is 1.29 bits per heavy atom. The molecular formula is C14H22N2O. The fourth-order valence-corrected chi connectivity index (χ4v) is 1.58. The number of hydrogen-bond donors (Lipinski definition) is 1. The summed E-state index contributed by atoms with van der Waals surface area (Å²) >= 11 is 0. The van der Waals surface area contributed by atoms with E-state index in [2.05, 4.69) is 19.1 Å². The average Bonchev–Trinajstić information content (AvgIpc) is 2.19. The van der Waals surface area contributed by atoms with Crippen molar-refractivity contribution < 1.29 is 4.79 Å². The average molecular weight is 234 g/mol. The van der Waals surface area contributed by atoms with E-state index in [0.29, 0.717) is 13.0 Å². The van der Waals surface area contributed by atoms with Crippen LogP contribution in [0, 0.1) is 6.92 Å². The van der Waals surface area contributed by atoms with Crippen LogP contribution < -0.4 is 5.73 Å². The minimum Gasteiger partial charge on any atom is -0.341 e. The van der Waals surface area contributed by atoms with E-state index in [1.807, 2.05) is 33.0 Å². The Balaban J connectivity index is 2.57. The number of nitrogens with zero attached hydrogens (tertiary/aromatic N) is 1. The molecule has 0 aliphatic carbocycles. The maximum atomic E-state index is 11.9. The highest BCUT2D eigenvalue weighted by Gasteiger charge is 2.19. The summed E-state index contributed by atoms with van der Waals surface area (Å²) in [6.45, 7) is 6.42. The maximum absolute atomic E-state index is 11.9. The van der Waals surface area contributed by atoms with E-state index in [-0.39, 0.29) is 5.91 Å². The van der Waals surface area contributed by atoms with Gasteiger partial charge in [-0.25, -0.2) is 0 Å². The Kier molecular flexibility index (Phi) is 4.29. The van der Waals surface area contributed by atoms with Crippen LogP contribution in [0.25, 0.3) is 0 Å². The summed E-state index contributed by atoms with van der Waals surface area (Å²) in [5, 5.41) is 0. The predicted molar refractivity (Wildman–Crippen MR) is 70.5 cm³/mol. The summed E-state index contributed by atoms with van der Waals surface area (Å²) < 4.78 is 0. The highest BCUT2D eigenvalue weighted by molar-refractivity contribution is 5.77. The van der Waals surface area contributed by atoms with E-state index in [9.17, 15) is 4.79 Å². The van der Waals surface area contributed by atoms with Crippen molar-refractivity contribution in [3.05, 3.63) is 35.4 Å². The normalized spacial score (nSPS) is 11.4. The van der Waals surface area contributed by atoms with Crippen molar-refractivity contribution in [2.24, 2.45) is 5.73 Å². The minimum atomic E-state index is -0.446. The number of amides is 1. The largest absolute Gasteiger partial charge is 0.341 e. The van der Waals surface area contributed by atoms with Crippen molar-refractivity contribution >= 4 is 5.91 Å². The van der Waals surface area contributed by atoms with Crippen molar-refractivity contribution in [3.63, 3.8) is 0 Å². The molecule has 0 aliphatic heterocycles. The molecule has 3 heteroatoms. The summed E-state index contributed by atoms with van der Waals surface area (Å²) in [6.07, 6.45) is 0.370. The molecule has 0 radical (unpaired) electrons. The zero-order valence-corrected chi connectivity index (χ0v) is 11.2. The second kappa shape index (κ2) is 5.32. The lowest BCUT2D eigenvalue weighted by Gasteiger charge is -2.23. The molecule has 0 unspecified atom stereocenters. The topological polar surface area (TPSA) is 46.3 Å². The van der Waals surface area contributed by atoms with Gasteiger partial charge in [0.2, 0.25) is 5.91 Å². The molecule has 1 aromatic carbocycles. The summed E-state index contributed by atoms with van der Waals surface area (Å²) in [6, 6.07) is 8.21. The number of carbonyl (C=O) groups is 1. The number of benzene rings is 1. The maximum Gasteiger partial charge on any atom is 0.224 e. The van der Waals surface area contributed by atoms with E-state index in [0.717, 1.165) is 5.56 Å². The Hall–Kier alpha value is -1.35. The van der Waals surface area contributed by atoms with Gasteiger partial charge in [-0.2, -0.15) is 0 Å². The molecule has 1 amide bonds. The van der Waals surface area contributed by atoms with Crippen LogP contribution in [-0.2, 0) is 11.3 Å². The molecule has 1 aromatic rings. The van der Waals surface area contributed by atoms with Gasteiger partial charge in [-0.1, -0.05) is 29.8 Å². The molecule has 0 atom stereocenters. The van der Waals surface area contributed by atoms with Gasteiger partial charge in [0.15, 0.2) is 0 Å². The van der Waals surface area contributed by atoms with Crippen molar-refractivity contribution in [2.75, 3.05) is 7.05 Å².